The van der Waals surface area contributed by atoms with E-state index >= 15 is 0 Å². The minimum absolute atomic E-state index is 0.299. The molecule has 2 N–H and O–H groups in total. The van der Waals surface area contributed by atoms with Crippen LogP contribution < -0.4 is 15.4 Å². The van der Waals surface area contributed by atoms with Crippen molar-refractivity contribution in [3.63, 3.8) is 0 Å². The summed E-state index contributed by atoms with van der Waals surface area (Å²) >= 11 is 0. The number of ether oxygens (including phenoxy) is 1. The van der Waals surface area contributed by atoms with Gasteiger partial charge in [0.05, 0.1) is 18.7 Å². The highest BCUT2D eigenvalue weighted by Gasteiger charge is 2.04. The zero-order valence-corrected chi connectivity index (χ0v) is 12.5. The Hall–Kier alpha value is -3.00. The lowest BCUT2D eigenvalue weighted by Crippen LogP contribution is -2.28. The third-order valence-electron chi connectivity index (χ3n) is 3.16. The molecule has 0 aliphatic carbocycles. The summed E-state index contributed by atoms with van der Waals surface area (Å²) in [5.74, 6) is 0.777. The number of nitrogens with one attached hydrogen (secondary N) is 2. The zero-order valence-electron chi connectivity index (χ0n) is 12.5. The van der Waals surface area contributed by atoms with E-state index in [4.69, 9.17) is 10.00 Å². The number of hydrogen-bond donors (Lipinski definition) is 2. The number of hydrogen-bond acceptors (Lipinski definition) is 3. The van der Waals surface area contributed by atoms with E-state index in [9.17, 15) is 4.79 Å². The number of amides is 2. The van der Waals surface area contributed by atoms with Crippen LogP contribution in [0.15, 0.2) is 42.5 Å². The highest BCUT2D eigenvalue weighted by atomic mass is 16.5. The maximum atomic E-state index is 11.9. The molecule has 0 aliphatic heterocycles. The molecule has 22 heavy (non-hydrogen) atoms. The SMILES string of the molecule is COc1ccc(NC(=O)NCc2cccc(C#N)c2)cc1C. The van der Waals surface area contributed by atoms with Gasteiger partial charge in [-0.05, 0) is 48.4 Å². The summed E-state index contributed by atoms with van der Waals surface area (Å²) in [4.78, 5) is 11.9. The molecular weight excluding hydrogens is 278 g/mol. The molecule has 2 aromatic rings. The zero-order chi connectivity index (χ0) is 15.9. The van der Waals surface area contributed by atoms with Gasteiger partial charge in [-0.3, -0.25) is 0 Å². The first kappa shape index (κ1) is 15.4. The Labute approximate surface area is 129 Å². The van der Waals surface area contributed by atoms with E-state index in [-0.39, 0.29) is 6.03 Å². The molecule has 5 heteroatoms. The van der Waals surface area contributed by atoms with Crippen molar-refractivity contribution in [3.05, 3.63) is 59.2 Å². The molecule has 5 nitrogen and oxygen atoms in total. The Bertz CT molecular complexity index is 720. The fourth-order valence-electron chi connectivity index (χ4n) is 2.06. The van der Waals surface area contributed by atoms with Gasteiger partial charge < -0.3 is 15.4 Å². The molecule has 2 aromatic carbocycles. The minimum Gasteiger partial charge on any atom is -0.496 e. The van der Waals surface area contributed by atoms with Crippen molar-refractivity contribution in [2.45, 2.75) is 13.5 Å². The molecule has 0 unspecified atom stereocenters. The van der Waals surface area contributed by atoms with Gasteiger partial charge in [0.25, 0.3) is 0 Å². The number of rotatable bonds is 4. The van der Waals surface area contributed by atoms with Crippen LogP contribution in [0.3, 0.4) is 0 Å². The van der Waals surface area contributed by atoms with Crippen molar-refractivity contribution in [2.24, 2.45) is 0 Å². The Kier molecular flexibility index (Phi) is 4.99. The quantitative estimate of drug-likeness (QED) is 0.909. The maximum absolute atomic E-state index is 11.9. The molecule has 112 valence electrons. The van der Waals surface area contributed by atoms with E-state index in [1.54, 1.807) is 37.4 Å². The molecular formula is C17H17N3O2. The monoisotopic (exact) mass is 295 g/mol. The first-order valence-electron chi connectivity index (χ1n) is 6.81. The fourth-order valence-corrected chi connectivity index (χ4v) is 2.06. The number of benzene rings is 2. The van der Waals surface area contributed by atoms with Crippen LogP contribution in [0.1, 0.15) is 16.7 Å². The Morgan fingerprint density at radius 2 is 2.09 bits per heavy atom. The summed E-state index contributed by atoms with van der Waals surface area (Å²) in [6.07, 6.45) is 0. The van der Waals surface area contributed by atoms with E-state index in [0.717, 1.165) is 16.9 Å². The third kappa shape index (κ3) is 4.00. The average Bonchev–Trinajstić information content (AvgIpc) is 2.53. The van der Waals surface area contributed by atoms with Crippen LogP contribution in [0.4, 0.5) is 10.5 Å². The highest BCUT2D eigenvalue weighted by Crippen LogP contribution is 2.21. The molecule has 2 rings (SSSR count). The minimum atomic E-state index is -0.299. The Morgan fingerprint density at radius 1 is 1.27 bits per heavy atom. The van der Waals surface area contributed by atoms with Crippen molar-refractivity contribution >= 4 is 11.7 Å². The largest absolute Gasteiger partial charge is 0.496 e. The molecule has 0 bridgehead atoms. The van der Waals surface area contributed by atoms with Gasteiger partial charge >= 0.3 is 6.03 Å². The van der Waals surface area contributed by atoms with E-state index in [0.29, 0.717) is 17.8 Å². The summed E-state index contributed by atoms with van der Waals surface area (Å²) in [7, 11) is 1.61. The van der Waals surface area contributed by atoms with Gasteiger partial charge in [-0.1, -0.05) is 12.1 Å². The van der Waals surface area contributed by atoms with Gasteiger partial charge in [-0.25, -0.2) is 4.79 Å². The number of carbonyl (C=O) groups is 1. The number of anilines is 1. The fraction of sp³-hybridized carbons (Fsp3) is 0.176. The van der Waals surface area contributed by atoms with Gasteiger partial charge in [0.1, 0.15) is 5.75 Å². The van der Waals surface area contributed by atoms with Crippen LogP contribution >= 0.6 is 0 Å². The first-order valence-corrected chi connectivity index (χ1v) is 6.81. The third-order valence-corrected chi connectivity index (χ3v) is 3.16. The number of aryl methyl sites for hydroxylation is 1. The summed E-state index contributed by atoms with van der Waals surface area (Å²) in [5.41, 5.74) is 3.09. The van der Waals surface area contributed by atoms with Crippen molar-refractivity contribution in [1.82, 2.24) is 5.32 Å². The van der Waals surface area contributed by atoms with Crippen LogP contribution in [0, 0.1) is 18.3 Å². The summed E-state index contributed by atoms with van der Waals surface area (Å²) in [6, 6.07) is 14.3. The molecule has 0 fully saturated rings. The van der Waals surface area contributed by atoms with Gasteiger partial charge in [0.2, 0.25) is 0 Å². The topological polar surface area (TPSA) is 74.2 Å². The molecule has 2 amide bonds. The molecule has 0 spiro atoms. The van der Waals surface area contributed by atoms with Crippen LogP contribution in [-0.4, -0.2) is 13.1 Å². The Morgan fingerprint density at radius 3 is 2.77 bits per heavy atom. The van der Waals surface area contributed by atoms with Crippen molar-refractivity contribution in [3.8, 4) is 11.8 Å². The first-order chi connectivity index (χ1) is 10.6. The second kappa shape index (κ2) is 7.14. The summed E-state index contributed by atoms with van der Waals surface area (Å²) < 4.78 is 5.18. The molecule has 0 saturated heterocycles. The number of nitriles is 1. The number of methoxy groups -OCH3 is 1. The maximum Gasteiger partial charge on any atom is 0.319 e. The van der Waals surface area contributed by atoms with Crippen molar-refractivity contribution in [1.29, 1.82) is 5.26 Å². The molecule has 0 radical (unpaired) electrons. The lowest BCUT2D eigenvalue weighted by molar-refractivity contribution is 0.251. The molecule has 0 aromatic heterocycles. The van der Waals surface area contributed by atoms with E-state index < -0.39 is 0 Å². The van der Waals surface area contributed by atoms with E-state index in [1.165, 1.54) is 0 Å². The molecule has 0 atom stereocenters. The standard InChI is InChI=1S/C17H17N3O2/c1-12-8-15(6-7-16(12)22-2)20-17(21)19-11-14-5-3-4-13(9-14)10-18/h3-9H,11H2,1-2H3,(H2,19,20,21). The van der Waals surface area contributed by atoms with Crippen LogP contribution in [0.5, 0.6) is 5.75 Å². The van der Waals surface area contributed by atoms with Crippen molar-refractivity contribution in [2.75, 3.05) is 12.4 Å². The lowest BCUT2D eigenvalue weighted by Gasteiger charge is -2.10. The normalized spacial score (nSPS) is 9.68. The highest BCUT2D eigenvalue weighted by molar-refractivity contribution is 5.89. The van der Waals surface area contributed by atoms with E-state index in [2.05, 4.69) is 16.7 Å². The average molecular weight is 295 g/mol. The number of carbonyl (C=O) groups excluding carboxylic acids is 1. The van der Waals surface area contributed by atoms with Crippen LogP contribution in [0.25, 0.3) is 0 Å². The van der Waals surface area contributed by atoms with Gasteiger partial charge in [0.15, 0.2) is 0 Å². The Balaban J connectivity index is 1.93. The summed E-state index contributed by atoms with van der Waals surface area (Å²) in [6.45, 7) is 2.27. The lowest BCUT2D eigenvalue weighted by atomic mass is 10.1. The molecule has 0 saturated carbocycles. The van der Waals surface area contributed by atoms with Crippen molar-refractivity contribution < 1.29 is 9.53 Å². The summed E-state index contributed by atoms with van der Waals surface area (Å²) in [5, 5.41) is 14.4. The van der Waals surface area contributed by atoms with E-state index in [1.807, 2.05) is 19.1 Å². The smallest absolute Gasteiger partial charge is 0.319 e. The second-order valence-corrected chi connectivity index (χ2v) is 4.80. The van der Waals surface area contributed by atoms with Gasteiger partial charge in [-0.15, -0.1) is 0 Å². The second-order valence-electron chi connectivity index (χ2n) is 4.80. The number of nitrogens with zero attached hydrogens (tertiary/aromatic N) is 1. The van der Waals surface area contributed by atoms with Gasteiger partial charge in [0, 0.05) is 12.2 Å². The predicted molar refractivity (Wildman–Crippen MR) is 84.7 cm³/mol. The van der Waals surface area contributed by atoms with Gasteiger partial charge in [-0.2, -0.15) is 5.26 Å². The number of urea groups is 1. The predicted octanol–water partition coefficient (Wildman–Crippen LogP) is 3.20. The van der Waals surface area contributed by atoms with Crippen LogP contribution in [-0.2, 0) is 6.54 Å². The van der Waals surface area contributed by atoms with Crippen LogP contribution in [0.2, 0.25) is 0 Å². The molecule has 0 aliphatic rings. The molecule has 0 heterocycles.